The van der Waals surface area contributed by atoms with E-state index in [9.17, 15) is 0 Å². The van der Waals surface area contributed by atoms with Gasteiger partial charge in [-0.1, -0.05) is 56.3 Å². The number of allylic oxidation sites excluding steroid dienone is 1. The molecule has 0 aliphatic heterocycles. The van der Waals surface area contributed by atoms with Crippen molar-refractivity contribution >= 4 is 0 Å². The lowest BCUT2D eigenvalue weighted by Gasteiger charge is -2.36. The Labute approximate surface area is 118 Å². The van der Waals surface area contributed by atoms with Crippen molar-refractivity contribution in [3.63, 3.8) is 0 Å². The molecular weight excluding hydrogens is 228 g/mol. The molecule has 0 bridgehead atoms. The summed E-state index contributed by atoms with van der Waals surface area (Å²) in [6.07, 6.45) is 5.42. The van der Waals surface area contributed by atoms with Gasteiger partial charge in [-0.05, 0) is 61.8 Å². The molecule has 0 amide bonds. The monoisotopic (exact) mass is 256 g/mol. The third kappa shape index (κ3) is 3.72. The lowest BCUT2D eigenvalue weighted by atomic mass is 9.69. The van der Waals surface area contributed by atoms with Crippen LogP contribution in [0.4, 0.5) is 0 Å². The van der Waals surface area contributed by atoms with Gasteiger partial charge < -0.3 is 0 Å². The molecule has 0 spiro atoms. The fraction of sp³-hybridized carbons (Fsp3) is 0.579. The smallest absolute Gasteiger partial charge is 0.0188 e. The first-order valence-electron chi connectivity index (χ1n) is 7.78. The number of hydrogen-bond acceptors (Lipinski definition) is 0. The molecule has 104 valence electrons. The van der Waals surface area contributed by atoms with E-state index in [1.165, 1.54) is 36.8 Å². The second-order valence-corrected chi connectivity index (χ2v) is 6.64. The molecule has 1 saturated carbocycles. The van der Waals surface area contributed by atoms with Gasteiger partial charge in [-0.2, -0.15) is 0 Å². The summed E-state index contributed by atoms with van der Waals surface area (Å²) in [6, 6.07) is 11.0. The molecule has 19 heavy (non-hydrogen) atoms. The van der Waals surface area contributed by atoms with Gasteiger partial charge in [0, 0.05) is 0 Å². The van der Waals surface area contributed by atoms with Crippen molar-refractivity contribution in [1.29, 1.82) is 0 Å². The molecule has 0 nitrogen and oxygen atoms in total. The zero-order valence-electron chi connectivity index (χ0n) is 12.7. The van der Waals surface area contributed by atoms with Crippen molar-refractivity contribution in [2.24, 2.45) is 17.8 Å². The molecular formula is C19H28. The van der Waals surface area contributed by atoms with Crippen LogP contribution in [0.2, 0.25) is 0 Å². The largest absolute Gasteiger partial charge is 0.0999 e. The maximum atomic E-state index is 4.18. The lowest BCUT2D eigenvalue weighted by Crippen LogP contribution is -2.24. The van der Waals surface area contributed by atoms with E-state index in [2.05, 4.69) is 57.7 Å². The van der Waals surface area contributed by atoms with Crippen LogP contribution in [0.3, 0.4) is 0 Å². The fourth-order valence-corrected chi connectivity index (χ4v) is 3.56. The molecule has 1 aromatic rings. The number of rotatable bonds is 4. The highest BCUT2D eigenvalue weighted by atomic mass is 14.3. The summed E-state index contributed by atoms with van der Waals surface area (Å²) in [5.74, 6) is 3.19. The second-order valence-electron chi connectivity index (χ2n) is 6.64. The van der Waals surface area contributed by atoms with E-state index in [4.69, 9.17) is 0 Å². The van der Waals surface area contributed by atoms with Crippen LogP contribution in [0.15, 0.2) is 42.5 Å². The molecule has 0 saturated heterocycles. The van der Waals surface area contributed by atoms with Crippen molar-refractivity contribution in [1.82, 2.24) is 0 Å². The first-order valence-corrected chi connectivity index (χ1v) is 7.78. The summed E-state index contributed by atoms with van der Waals surface area (Å²) < 4.78 is 0. The maximum absolute atomic E-state index is 4.18. The summed E-state index contributed by atoms with van der Waals surface area (Å²) in [7, 11) is 0. The minimum Gasteiger partial charge on any atom is -0.0999 e. The normalized spacial score (nSPS) is 28.9. The van der Waals surface area contributed by atoms with Gasteiger partial charge in [0.1, 0.15) is 0 Å². The molecule has 1 aliphatic rings. The molecule has 0 heteroatoms. The molecule has 0 radical (unpaired) electrons. The summed E-state index contributed by atoms with van der Waals surface area (Å²) >= 11 is 0. The van der Waals surface area contributed by atoms with Crippen molar-refractivity contribution in [3.05, 3.63) is 48.0 Å². The fourth-order valence-electron chi connectivity index (χ4n) is 3.56. The van der Waals surface area contributed by atoms with E-state index in [-0.39, 0.29) is 0 Å². The summed E-state index contributed by atoms with van der Waals surface area (Å²) in [6.45, 7) is 11.2. The Hall–Kier alpha value is -1.04. The minimum absolute atomic E-state index is 0.678. The average Bonchev–Trinajstić information content (AvgIpc) is 2.42. The van der Waals surface area contributed by atoms with E-state index in [0.717, 1.165) is 17.8 Å². The van der Waals surface area contributed by atoms with Gasteiger partial charge in [-0.3, -0.25) is 0 Å². The van der Waals surface area contributed by atoms with Crippen LogP contribution in [-0.4, -0.2) is 0 Å². The zero-order valence-corrected chi connectivity index (χ0v) is 12.7. The van der Waals surface area contributed by atoms with E-state index >= 15 is 0 Å². The summed E-state index contributed by atoms with van der Waals surface area (Å²) in [4.78, 5) is 0. The van der Waals surface area contributed by atoms with E-state index in [1.54, 1.807) is 0 Å². The van der Waals surface area contributed by atoms with Crippen LogP contribution in [0.1, 0.15) is 57.9 Å². The standard InChI is InChI=1S/C19H28/c1-14(2)18-11-10-15(3)19(13-18)12-16(4)17-8-6-5-7-9-17/h5-9,15-16,18-19H,1,10-13H2,2-4H3/t15-,16?,18-,19-/m1/s1. The maximum Gasteiger partial charge on any atom is -0.0188 e. The molecule has 0 aromatic heterocycles. The average molecular weight is 256 g/mol. The Balaban J connectivity index is 1.98. The Morgan fingerprint density at radius 2 is 1.95 bits per heavy atom. The third-order valence-corrected chi connectivity index (χ3v) is 5.08. The van der Waals surface area contributed by atoms with Gasteiger partial charge in [-0.15, -0.1) is 0 Å². The number of benzene rings is 1. The molecule has 0 N–H and O–H groups in total. The van der Waals surface area contributed by atoms with Gasteiger partial charge in [0.05, 0.1) is 0 Å². The van der Waals surface area contributed by atoms with Crippen LogP contribution >= 0.6 is 0 Å². The van der Waals surface area contributed by atoms with Gasteiger partial charge in [0.15, 0.2) is 0 Å². The van der Waals surface area contributed by atoms with Crippen LogP contribution in [-0.2, 0) is 0 Å². The highest BCUT2D eigenvalue weighted by Gasteiger charge is 2.29. The molecule has 0 heterocycles. The summed E-state index contributed by atoms with van der Waals surface area (Å²) in [5.41, 5.74) is 2.89. The first kappa shape index (κ1) is 14.4. The van der Waals surface area contributed by atoms with Crippen molar-refractivity contribution in [2.45, 2.75) is 52.4 Å². The molecule has 1 aliphatic carbocycles. The van der Waals surface area contributed by atoms with Crippen LogP contribution in [0.5, 0.6) is 0 Å². The first-order chi connectivity index (χ1) is 9.08. The Bertz CT molecular complexity index is 403. The minimum atomic E-state index is 0.678. The molecule has 1 aromatic carbocycles. The highest BCUT2D eigenvalue weighted by molar-refractivity contribution is 5.18. The second kappa shape index (κ2) is 6.41. The Morgan fingerprint density at radius 3 is 2.58 bits per heavy atom. The predicted octanol–water partition coefficient (Wildman–Crippen LogP) is 5.81. The van der Waals surface area contributed by atoms with Crippen LogP contribution < -0.4 is 0 Å². The molecule has 1 unspecified atom stereocenters. The van der Waals surface area contributed by atoms with E-state index < -0.39 is 0 Å². The molecule has 2 rings (SSSR count). The van der Waals surface area contributed by atoms with Crippen molar-refractivity contribution in [3.8, 4) is 0 Å². The van der Waals surface area contributed by atoms with Gasteiger partial charge in [0.2, 0.25) is 0 Å². The highest BCUT2D eigenvalue weighted by Crippen LogP contribution is 2.41. The topological polar surface area (TPSA) is 0 Å². The number of hydrogen-bond donors (Lipinski definition) is 0. The molecule has 1 fully saturated rings. The lowest BCUT2D eigenvalue weighted by molar-refractivity contribution is 0.193. The summed E-state index contributed by atoms with van der Waals surface area (Å²) in [5, 5.41) is 0. The van der Waals surface area contributed by atoms with E-state index in [1.807, 2.05) is 0 Å². The van der Waals surface area contributed by atoms with Crippen molar-refractivity contribution in [2.75, 3.05) is 0 Å². The SMILES string of the molecule is C=C(C)[C@@H]1CC[C@@H](C)[C@H](CC(C)c2ccccc2)C1. The molecule has 4 atom stereocenters. The zero-order chi connectivity index (χ0) is 13.8. The van der Waals surface area contributed by atoms with Gasteiger partial charge in [0.25, 0.3) is 0 Å². The quantitative estimate of drug-likeness (QED) is 0.596. The Kier molecular flexibility index (Phi) is 4.85. The third-order valence-electron chi connectivity index (χ3n) is 5.08. The van der Waals surface area contributed by atoms with Crippen LogP contribution in [0.25, 0.3) is 0 Å². The van der Waals surface area contributed by atoms with Gasteiger partial charge in [-0.25, -0.2) is 0 Å². The predicted molar refractivity (Wildman–Crippen MR) is 84.3 cm³/mol. The van der Waals surface area contributed by atoms with Crippen LogP contribution in [0, 0.1) is 17.8 Å². The Morgan fingerprint density at radius 1 is 1.26 bits per heavy atom. The van der Waals surface area contributed by atoms with E-state index in [0.29, 0.717) is 5.92 Å². The van der Waals surface area contributed by atoms with Crippen molar-refractivity contribution < 1.29 is 0 Å². The van der Waals surface area contributed by atoms with Gasteiger partial charge >= 0.3 is 0 Å².